The van der Waals surface area contributed by atoms with Gasteiger partial charge in [-0.25, -0.2) is 0 Å². The minimum absolute atomic E-state index is 0.498. The number of nitrogens with zero attached hydrogens (tertiary/aromatic N) is 2. The van der Waals surface area contributed by atoms with E-state index in [0.717, 1.165) is 6.42 Å². The van der Waals surface area contributed by atoms with E-state index in [9.17, 15) is 9.81 Å². The van der Waals surface area contributed by atoms with Crippen molar-refractivity contribution in [2.45, 2.75) is 78.3 Å². The van der Waals surface area contributed by atoms with Gasteiger partial charge in [-0.3, -0.25) is 0 Å². The molecule has 0 heterocycles. The van der Waals surface area contributed by atoms with Gasteiger partial charge >= 0.3 is 0 Å². The Morgan fingerprint density at radius 3 is 1.41 bits per heavy atom. The van der Waals surface area contributed by atoms with Crippen molar-refractivity contribution in [1.82, 2.24) is 0 Å². The molecule has 0 bridgehead atoms. The van der Waals surface area contributed by atoms with E-state index in [2.05, 4.69) is 10.4 Å². The summed E-state index contributed by atoms with van der Waals surface area (Å²) in [6, 6.07) is 0. The molecule has 0 aliphatic rings. The zero-order valence-electron chi connectivity index (χ0n) is 12.0. The first-order chi connectivity index (χ1) is 7.86. The molecule has 4 heteroatoms. The maximum absolute atomic E-state index is 11.4. The van der Waals surface area contributed by atoms with Crippen LogP contribution in [0.5, 0.6) is 0 Å². The zero-order chi connectivity index (χ0) is 13.7. The minimum Gasteiger partial charge on any atom is -0.150 e. The highest BCUT2D eigenvalue weighted by molar-refractivity contribution is 5.11. The standard InChI is InChI=1S/C13H26N2O2/c1-7-11(5,12(6,8-2)14-16)13(9-3,10-4)15-17/h7-10H2,1-6H3. The fraction of sp³-hybridized carbons (Fsp3) is 1.00. The zero-order valence-corrected chi connectivity index (χ0v) is 12.0. The molecule has 0 amide bonds. The number of nitroso groups, excluding NO2 is 2. The molecule has 0 saturated carbocycles. The summed E-state index contributed by atoms with van der Waals surface area (Å²) in [5.74, 6) is 0. The second-order valence-corrected chi connectivity index (χ2v) is 5.23. The summed E-state index contributed by atoms with van der Waals surface area (Å²) in [4.78, 5) is 22.6. The van der Waals surface area contributed by atoms with Crippen LogP contribution in [0.4, 0.5) is 0 Å². The first-order valence-corrected chi connectivity index (χ1v) is 6.56. The highest BCUT2D eigenvalue weighted by atomic mass is 16.3. The summed E-state index contributed by atoms with van der Waals surface area (Å²) in [5.41, 5.74) is -1.95. The maximum Gasteiger partial charge on any atom is 0.110 e. The Labute approximate surface area is 105 Å². The molecule has 0 aliphatic heterocycles. The third kappa shape index (κ3) is 2.14. The Morgan fingerprint density at radius 1 is 0.765 bits per heavy atom. The predicted octanol–water partition coefficient (Wildman–Crippen LogP) is 4.66. The molecule has 0 N–H and O–H groups in total. The van der Waals surface area contributed by atoms with E-state index in [-0.39, 0.29) is 0 Å². The molecule has 2 unspecified atom stereocenters. The minimum atomic E-state index is -0.748. The molecule has 0 aliphatic carbocycles. The maximum atomic E-state index is 11.4. The Bertz CT molecular complexity index is 277. The van der Waals surface area contributed by atoms with Crippen LogP contribution in [0.3, 0.4) is 0 Å². The van der Waals surface area contributed by atoms with E-state index in [0.29, 0.717) is 19.3 Å². The molecule has 4 nitrogen and oxygen atoms in total. The molecule has 0 aromatic carbocycles. The van der Waals surface area contributed by atoms with Crippen LogP contribution in [0, 0.1) is 15.2 Å². The molecule has 0 spiro atoms. The predicted molar refractivity (Wildman–Crippen MR) is 72.0 cm³/mol. The Hall–Kier alpha value is -0.800. The highest BCUT2D eigenvalue weighted by Crippen LogP contribution is 2.52. The van der Waals surface area contributed by atoms with Crippen LogP contribution in [-0.4, -0.2) is 11.1 Å². The van der Waals surface area contributed by atoms with E-state index in [1.54, 1.807) is 0 Å². The lowest BCUT2D eigenvalue weighted by molar-refractivity contribution is 0.0342. The highest BCUT2D eigenvalue weighted by Gasteiger charge is 2.57. The Kier molecular flexibility index (Phi) is 5.43. The van der Waals surface area contributed by atoms with Gasteiger partial charge in [0.1, 0.15) is 11.1 Å². The van der Waals surface area contributed by atoms with Crippen molar-refractivity contribution in [3.8, 4) is 0 Å². The van der Waals surface area contributed by atoms with Crippen LogP contribution in [0.15, 0.2) is 10.4 Å². The first kappa shape index (κ1) is 16.2. The summed E-state index contributed by atoms with van der Waals surface area (Å²) in [6.45, 7) is 11.7. The molecule has 0 radical (unpaired) electrons. The lowest BCUT2D eigenvalue weighted by atomic mass is 9.56. The molecule has 0 saturated heterocycles. The normalized spacial score (nSPS) is 19.2. The molecule has 100 valence electrons. The van der Waals surface area contributed by atoms with Gasteiger partial charge in [0.25, 0.3) is 0 Å². The van der Waals surface area contributed by atoms with Crippen LogP contribution >= 0.6 is 0 Å². The van der Waals surface area contributed by atoms with Gasteiger partial charge in [-0.15, -0.1) is 0 Å². The van der Waals surface area contributed by atoms with Crippen molar-refractivity contribution in [3.63, 3.8) is 0 Å². The number of rotatable bonds is 8. The van der Waals surface area contributed by atoms with Crippen molar-refractivity contribution in [2.24, 2.45) is 15.8 Å². The van der Waals surface area contributed by atoms with E-state index < -0.39 is 16.5 Å². The summed E-state index contributed by atoms with van der Waals surface area (Å²) in [6.07, 6.45) is 2.62. The van der Waals surface area contributed by atoms with Crippen LogP contribution in [-0.2, 0) is 0 Å². The van der Waals surface area contributed by atoms with Crippen LogP contribution < -0.4 is 0 Å². The Balaban J connectivity index is 5.84. The van der Waals surface area contributed by atoms with E-state index in [1.807, 2.05) is 41.5 Å². The van der Waals surface area contributed by atoms with Crippen molar-refractivity contribution < 1.29 is 0 Å². The van der Waals surface area contributed by atoms with Crippen molar-refractivity contribution >= 4 is 0 Å². The number of hydrogen-bond donors (Lipinski definition) is 0. The molecule has 0 aromatic heterocycles. The lowest BCUT2D eigenvalue weighted by Gasteiger charge is -2.50. The molecule has 0 rings (SSSR count). The van der Waals surface area contributed by atoms with Gasteiger partial charge in [0.05, 0.1) is 0 Å². The second kappa shape index (κ2) is 5.69. The second-order valence-electron chi connectivity index (χ2n) is 5.23. The average Bonchev–Trinajstić information content (AvgIpc) is 2.39. The summed E-state index contributed by atoms with van der Waals surface area (Å²) in [5, 5.41) is 6.75. The van der Waals surface area contributed by atoms with Crippen molar-refractivity contribution in [2.75, 3.05) is 0 Å². The lowest BCUT2D eigenvalue weighted by Crippen LogP contribution is -2.56. The smallest absolute Gasteiger partial charge is 0.110 e. The molecule has 0 fully saturated rings. The van der Waals surface area contributed by atoms with Crippen LogP contribution in [0.2, 0.25) is 0 Å². The first-order valence-electron chi connectivity index (χ1n) is 6.56. The van der Waals surface area contributed by atoms with E-state index in [4.69, 9.17) is 0 Å². The van der Waals surface area contributed by atoms with Crippen molar-refractivity contribution in [3.05, 3.63) is 9.81 Å². The summed E-state index contributed by atoms with van der Waals surface area (Å²) >= 11 is 0. The molecular weight excluding hydrogens is 216 g/mol. The fourth-order valence-electron chi connectivity index (χ4n) is 3.03. The van der Waals surface area contributed by atoms with Gasteiger partial charge in [0, 0.05) is 5.41 Å². The van der Waals surface area contributed by atoms with Crippen molar-refractivity contribution in [1.29, 1.82) is 0 Å². The summed E-state index contributed by atoms with van der Waals surface area (Å²) < 4.78 is 0. The van der Waals surface area contributed by atoms with Gasteiger partial charge in [-0.1, -0.05) is 45.0 Å². The van der Waals surface area contributed by atoms with Gasteiger partial charge < -0.3 is 0 Å². The third-order valence-electron chi connectivity index (χ3n) is 5.16. The van der Waals surface area contributed by atoms with Gasteiger partial charge in [-0.05, 0) is 32.6 Å². The summed E-state index contributed by atoms with van der Waals surface area (Å²) in [7, 11) is 0. The quantitative estimate of drug-likeness (QED) is 0.581. The van der Waals surface area contributed by atoms with Gasteiger partial charge in [0.2, 0.25) is 0 Å². The van der Waals surface area contributed by atoms with E-state index in [1.165, 1.54) is 0 Å². The monoisotopic (exact) mass is 242 g/mol. The molecular formula is C13H26N2O2. The number of hydrogen-bond acceptors (Lipinski definition) is 4. The SMILES string of the molecule is CCC(C)(N=O)C(C)(CC)C(CC)(CC)N=O. The van der Waals surface area contributed by atoms with Gasteiger partial charge in [0.15, 0.2) is 0 Å². The van der Waals surface area contributed by atoms with E-state index >= 15 is 0 Å². The Morgan fingerprint density at radius 2 is 1.24 bits per heavy atom. The largest absolute Gasteiger partial charge is 0.150 e. The van der Waals surface area contributed by atoms with Crippen LogP contribution in [0.1, 0.15) is 67.2 Å². The topological polar surface area (TPSA) is 58.9 Å². The van der Waals surface area contributed by atoms with Crippen LogP contribution in [0.25, 0.3) is 0 Å². The molecule has 0 aromatic rings. The average molecular weight is 242 g/mol. The third-order valence-corrected chi connectivity index (χ3v) is 5.16. The fourth-order valence-corrected chi connectivity index (χ4v) is 3.03. The molecule has 17 heavy (non-hydrogen) atoms. The molecule has 2 atom stereocenters. The van der Waals surface area contributed by atoms with Gasteiger partial charge in [-0.2, -0.15) is 9.81 Å².